The molecule has 0 saturated carbocycles. The average molecular weight is 196 g/mol. The minimum absolute atomic E-state index is 0.0937. The summed E-state index contributed by atoms with van der Waals surface area (Å²) in [4.78, 5) is 17.7. The Balaban J connectivity index is 2.06. The van der Waals surface area contributed by atoms with Gasteiger partial charge in [0.2, 0.25) is 0 Å². The van der Waals surface area contributed by atoms with Gasteiger partial charge in [0.05, 0.1) is 0 Å². The van der Waals surface area contributed by atoms with Gasteiger partial charge in [0, 0.05) is 24.2 Å². The summed E-state index contributed by atoms with van der Waals surface area (Å²) in [5.41, 5.74) is 0.932. The molecule has 2 heterocycles. The zero-order chi connectivity index (χ0) is 9.42. The largest absolute Gasteiger partial charge is 0.336 e. The van der Waals surface area contributed by atoms with Crippen LogP contribution < -0.4 is 0 Å². The van der Waals surface area contributed by atoms with Crippen LogP contribution in [-0.4, -0.2) is 28.9 Å². The molecule has 0 radical (unpaired) electrons. The van der Waals surface area contributed by atoms with Gasteiger partial charge in [-0.15, -0.1) is 11.3 Å². The minimum atomic E-state index is 0.0937. The van der Waals surface area contributed by atoms with Crippen molar-refractivity contribution in [1.29, 1.82) is 0 Å². The summed E-state index contributed by atoms with van der Waals surface area (Å²) in [5, 5.41) is 2.54. The topological polar surface area (TPSA) is 33.2 Å². The molecule has 1 aliphatic rings. The van der Waals surface area contributed by atoms with E-state index in [0.717, 1.165) is 18.8 Å². The van der Waals surface area contributed by atoms with Gasteiger partial charge in [0.1, 0.15) is 0 Å². The Morgan fingerprint density at radius 1 is 1.69 bits per heavy atom. The van der Waals surface area contributed by atoms with Crippen molar-refractivity contribution in [1.82, 2.24) is 9.88 Å². The molecule has 0 aromatic carbocycles. The van der Waals surface area contributed by atoms with Gasteiger partial charge in [-0.3, -0.25) is 4.79 Å². The maximum Gasteiger partial charge on any atom is 0.282 e. The van der Waals surface area contributed by atoms with E-state index in [0.29, 0.717) is 10.9 Å². The highest BCUT2D eigenvalue weighted by Gasteiger charge is 2.29. The van der Waals surface area contributed by atoms with Gasteiger partial charge in [-0.25, -0.2) is 4.98 Å². The first-order valence-corrected chi connectivity index (χ1v) is 5.26. The smallest absolute Gasteiger partial charge is 0.282 e. The highest BCUT2D eigenvalue weighted by Crippen LogP contribution is 2.19. The van der Waals surface area contributed by atoms with Gasteiger partial charge in [-0.05, 0) is 12.8 Å². The molecule has 1 saturated heterocycles. The molecule has 1 aliphatic heterocycles. The van der Waals surface area contributed by atoms with Crippen LogP contribution in [0.4, 0.5) is 0 Å². The molecule has 13 heavy (non-hydrogen) atoms. The van der Waals surface area contributed by atoms with Crippen molar-refractivity contribution in [3.05, 3.63) is 16.1 Å². The van der Waals surface area contributed by atoms with Crippen LogP contribution in [0.15, 0.2) is 5.38 Å². The fourth-order valence-corrected chi connectivity index (χ4v) is 2.21. The number of carbonyl (C=O) groups excluding carboxylic acids is 1. The van der Waals surface area contributed by atoms with E-state index in [2.05, 4.69) is 11.9 Å². The van der Waals surface area contributed by atoms with Crippen LogP contribution in [0, 0.1) is 12.8 Å². The second-order valence-electron chi connectivity index (χ2n) is 3.61. The number of amides is 1. The van der Waals surface area contributed by atoms with Crippen LogP contribution in [0.2, 0.25) is 0 Å². The number of hydrogen-bond acceptors (Lipinski definition) is 3. The third kappa shape index (κ3) is 1.58. The number of aromatic nitrogens is 1. The Bertz CT molecular complexity index is 328. The van der Waals surface area contributed by atoms with Crippen LogP contribution in [-0.2, 0) is 0 Å². The lowest BCUT2D eigenvalue weighted by Crippen LogP contribution is -2.48. The van der Waals surface area contributed by atoms with E-state index in [1.54, 1.807) is 0 Å². The Morgan fingerprint density at radius 3 is 2.85 bits per heavy atom. The predicted molar refractivity (Wildman–Crippen MR) is 51.9 cm³/mol. The molecule has 0 unspecified atom stereocenters. The minimum Gasteiger partial charge on any atom is -0.336 e. The highest BCUT2D eigenvalue weighted by molar-refractivity contribution is 7.11. The van der Waals surface area contributed by atoms with Crippen LogP contribution >= 0.6 is 11.3 Å². The van der Waals surface area contributed by atoms with Crippen molar-refractivity contribution in [2.24, 2.45) is 5.92 Å². The normalized spacial score (nSPS) is 17.2. The lowest BCUT2D eigenvalue weighted by Gasteiger charge is -2.36. The second-order valence-corrected chi connectivity index (χ2v) is 4.47. The molecule has 0 aliphatic carbocycles. The molecule has 1 amide bonds. The molecule has 4 heteroatoms. The molecule has 0 spiro atoms. The van der Waals surface area contributed by atoms with E-state index in [-0.39, 0.29) is 5.91 Å². The summed E-state index contributed by atoms with van der Waals surface area (Å²) in [6, 6.07) is 0. The number of nitrogens with zero attached hydrogens (tertiary/aromatic N) is 2. The second kappa shape index (κ2) is 3.10. The van der Waals surface area contributed by atoms with E-state index < -0.39 is 0 Å². The fourth-order valence-electron chi connectivity index (χ4n) is 1.45. The molecule has 0 atom stereocenters. The monoisotopic (exact) mass is 196 g/mol. The van der Waals surface area contributed by atoms with Gasteiger partial charge in [0.25, 0.3) is 5.91 Å². The lowest BCUT2D eigenvalue weighted by molar-refractivity contribution is 0.0530. The van der Waals surface area contributed by atoms with E-state index >= 15 is 0 Å². The molecule has 2 rings (SSSR count). The third-order valence-electron chi connectivity index (χ3n) is 2.15. The SMILES string of the molecule is Cc1csc(C(=O)N2CC(C)C2)n1. The molecule has 3 nitrogen and oxygen atoms in total. The summed E-state index contributed by atoms with van der Waals surface area (Å²) in [6.07, 6.45) is 0. The maximum absolute atomic E-state index is 11.7. The van der Waals surface area contributed by atoms with Crippen LogP contribution in [0.25, 0.3) is 0 Å². The number of thiazole rings is 1. The number of aryl methyl sites for hydroxylation is 1. The molecule has 0 bridgehead atoms. The quantitative estimate of drug-likeness (QED) is 0.682. The third-order valence-corrected chi connectivity index (χ3v) is 3.10. The first kappa shape index (κ1) is 8.69. The van der Waals surface area contributed by atoms with Crippen molar-refractivity contribution >= 4 is 17.2 Å². The Kier molecular flexibility index (Phi) is 2.07. The molecular formula is C9H12N2OS. The molecule has 1 aromatic rings. The number of hydrogen-bond donors (Lipinski definition) is 0. The molecule has 1 aromatic heterocycles. The van der Waals surface area contributed by atoms with Gasteiger partial charge in [-0.2, -0.15) is 0 Å². The van der Waals surface area contributed by atoms with E-state index in [1.165, 1.54) is 11.3 Å². The summed E-state index contributed by atoms with van der Waals surface area (Å²) in [6.45, 7) is 5.83. The average Bonchev–Trinajstić information content (AvgIpc) is 2.45. The van der Waals surface area contributed by atoms with E-state index in [9.17, 15) is 4.79 Å². The Hall–Kier alpha value is -0.900. The predicted octanol–water partition coefficient (Wildman–Crippen LogP) is 1.54. The summed E-state index contributed by atoms with van der Waals surface area (Å²) in [7, 11) is 0. The van der Waals surface area contributed by atoms with Gasteiger partial charge >= 0.3 is 0 Å². The highest BCUT2D eigenvalue weighted by atomic mass is 32.1. The number of likely N-dealkylation sites (tertiary alicyclic amines) is 1. The van der Waals surface area contributed by atoms with Crippen molar-refractivity contribution in [3.8, 4) is 0 Å². The zero-order valence-corrected chi connectivity index (χ0v) is 8.60. The first-order valence-electron chi connectivity index (χ1n) is 4.38. The lowest BCUT2D eigenvalue weighted by atomic mass is 10.0. The van der Waals surface area contributed by atoms with Gasteiger partial charge in [0.15, 0.2) is 5.01 Å². The van der Waals surface area contributed by atoms with E-state index in [1.807, 2.05) is 17.2 Å². The van der Waals surface area contributed by atoms with Crippen LogP contribution in [0.5, 0.6) is 0 Å². The fraction of sp³-hybridized carbons (Fsp3) is 0.556. The van der Waals surface area contributed by atoms with Crippen molar-refractivity contribution < 1.29 is 4.79 Å². The summed E-state index contributed by atoms with van der Waals surface area (Å²) in [5.74, 6) is 0.751. The zero-order valence-electron chi connectivity index (χ0n) is 7.78. The first-order chi connectivity index (χ1) is 6.16. The number of carbonyl (C=O) groups is 1. The molecule has 1 fully saturated rings. The summed E-state index contributed by atoms with van der Waals surface area (Å²) >= 11 is 1.43. The van der Waals surface area contributed by atoms with Crippen LogP contribution in [0.1, 0.15) is 22.4 Å². The Morgan fingerprint density at radius 2 is 2.38 bits per heavy atom. The maximum atomic E-state index is 11.7. The van der Waals surface area contributed by atoms with Gasteiger partial charge in [-0.1, -0.05) is 6.92 Å². The molecule has 0 N–H and O–H groups in total. The molecule has 70 valence electrons. The standard InChI is InChI=1S/C9H12N2OS/c1-6-3-11(4-6)9(12)8-10-7(2)5-13-8/h5-6H,3-4H2,1-2H3. The number of rotatable bonds is 1. The summed E-state index contributed by atoms with van der Waals surface area (Å²) < 4.78 is 0. The van der Waals surface area contributed by atoms with Gasteiger partial charge < -0.3 is 4.90 Å². The van der Waals surface area contributed by atoms with Crippen molar-refractivity contribution in [2.75, 3.05) is 13.1 Å². The Labute approximate surface area is 81.4 Å². The van der Waals surface area contributed by atoms with Crippen LogP contribution in [0.3, 0.4) is 0 Å². The van der Waals surface area contributed by atoms with Crippen molar-refractivity contribution in [3.63, 3.8) is 0 Å². The van der Waals surface area contributed by atoms with Crippen molar-refractivity contribution in [2.45, 2.75) is 13.8 Å². The van der Waals surface area contributed by atoms with E-state index in [4.69, 9.17) is 0 Å². The molecular weight excluding hydrogens is 184 g/mol.